The van der Waals surface area contributed by atoms with Gasteiger partial charge in [0.2, 0.25) is 0 Å². The Labute approximate surface area is 106 Å². The van der Waals surface area contributed by atoms with E-state index in [0.29, 0.717) is 11.3 Å². The van der Waals surface area contributed by atoms with Crippen molar-refractivity contribution in [3.05, 3.63) is 23.8 Å². The van der Waals surface area contributed by atoms with Crippen LogP contribution in [0.2, 0.25) is 0 Å². The molecule has 1 aliphatic heterocycles. The van der Waals surface area contributed by atoms with E-state index in [0.717, 1.165) is 23.7 Å². The van der Waals surface area contributed by atoms with Gasteiger partial charge in [-0.2, -0.15) is 4.65 Å². The number of ether oxygens (including phenoxy) is 1. The summed E-state index contributed by atoms with van der Waals surface area (Å²) in [7, 11) is 5.47. The topological polar surface area (TPSA) is 27.7 Å². The normalized spacial score (nSPS) is 24.6. The average molecular weight is 256 g/mol. The van der Waals surface area contributed by atoms with Crippen molar-refractivity contribution in [1.29, 1.82) is 0 Å². The van der Waals surface area contributed by atoms with Crippen LogP contribution in [-0.2, 0) is 15.6 Å². The van der Waals surface area contributed by atoms with Crippen LogP contribution in [0.3, 0.4) is 0 Å². The van der Waals surface area contributed by atoms with E-state index >= 15 is 0 Å². The Morgan fingerprint density at radius 3 is 2.88 bits per heavy atom. The van der Waals surface area contributed by atoms with Crippen molar-refractivity contribution >= 4 is 12.0 Å². The predicted octanol–water partition coefficient (Wildman–Crippen LogP) is 2.24. The predicted molar refractivity (Wildman–Crippen MR) is 66.6 cm³/mol. The monoisotopic (exact) mass is 256 g/mol. The number of nitrogens with zero attached hydrogens (tertiary/aromatic N) is 1. The van der Waals surface area contributed by atoms with Crippen LogP contribution < -0.4 is 4.74 Å². The molecule has 1 heterocycles. The third-order valence-electron chi connectivity index (χ3n) is 3.01. The van der Waals surface area contributed by atoms with Crippen LogP contribution in [0.25, 0.3) is 0 Å². The smallest absolute Gasteiger partial charge is 0.136 e. The summed E-state index contributed by atoms with van der Waals surface area (Å²) in [6, 6.07) is 6.03. The number of rotatable bonds is 2. The Kier molecular flexibility index (Phi) is 3.93. The maximum absolute atomic E-state index is 5.55. The molecular weight excluding hydrogens is 238 g/mol. The lowest BCUT2D eigenvalue weighted by molar-refractivity contribution is -1.10. The van der Waals surface area contributed by atoms with E-state index in [-0.39, 0.29) is 0 Å². The molecule has 0 fully saturated rings. The highest BCUT2D eigenvalue weighted by molar-refractivity contribution is 7.94. The van der Waals surface area contributed by atoms with Crippen molar-refractivity contribution < 1.29 is 18.4 Å². The first-order valence-electron chi connectivity index (χ1n) is 5.53. The molecule has 4 nitrogen and oxygen atoms in total. The molecule has 0 spiro atoms. The van der Waals surface area contributed by atoms with Crippen molar-refractivity contribution in [2.45, 2.75) is 11.4 Å². The molecule has 0 amide bonds. The first-order valence-corrected chi connectivity index (χ1v) is 6.28. The van der Waals surface area contributed by atoms with Gasteiger partial charge in [0, 0.05) is 22.5 Å². The van der Waals surface area contributed by atoms with Gasteiger partial charge < -0.3 is 8.92 Å². The zero-order chi connectivity index (χ0) is 12.3. The highest BCUT2D eigenvalue weighted by Gasteiger charge is 2.27. The summed E-state index contributed by atoms with van der Waals surface area (Å²) in [5.74, 6) is 0.868. The molecule has 1 aliphatic rings. The van der Waals surface area contributed by atoms with Crippen molar-refractivity contribution in [1.82, 2.24) is 0 Å². The molecular formula is C12H18NO3S+. The Hall–Kier alpha value is -0.750. The van der Waals surface area contributed by atoms with Crippen LogP contribution in [-0.4, -0.2) is 39.1 Å². The fourth-order valence-electron chi connectivity index (χ4n) is 1.82. The second-order valence-electron chi connectivity index (χ2n) is 4.24. The third kappa shape index (κ3) is 2.93. The number of quaternary nitrogens is 1. The number of hydroxylamine groups is 3. The van der Waals surface area contributed by atoms with Gasteiger partial charge in [-0.25, -0.2) is 4.84 Å². The quantitative estimate of drug-likeness (QED) is 0.599. The second kappa shape index (κ2) is 5.27. The van der Waals surface area contributed by atoms with Crippen molar-refractivity contribution in [3.8, 4) is 5.75 Å². The minimum Gasteiger partial charge on any atom is -0.497 e. The lowest BCUT2D eigenvalue weighted by Crippen LogP contribution is -2.45. The average Bonchev–Trinajstić information content (AvgIpc) is 2.33. The lowest BCUT2D eigenvalue weighted by Gasteiger charge is -2.31. The number of likely N-dealkylation sites (N-methyl/N-ethyl adjacent to an activating group) is 1. The molecule has 1 aromatic rings. The highest BCUT2D eigenvalue weighted by atomic mass is 32.2. The summed E-state index contributed by atoms with van der Waals surface area (Å²) in [6.45, 7) is 2.33. The third-order valence-corrected chi connectivity index (χ3v) is 3.87. The number of methoxy groups -OCH3 is 1. The summed E-state index contributed by atoms with van der Waals surface area (Å²) >= 11 is 1.43. The van der Waals surface area contributed by atoms with E-state index in [1.807, 2.05) is 18.2 Å². The van der Waals surface area contributed by atoms with E-state index in [1.54, 1.807) is 14.2 Å². The zero-order valence-corrected chi connectivity index (χ0v) is 11.3. The molecule has 0 saturated heterocycles. The number of hydrogen-bond acceptors (Lipinski definition) is 4. The molecule has 1 unspecified atom stereocenters. The molecule has 94 valence electrons. The minimum atomic E-state index is 0.515. The second-order valence-corrected chi connectivity index (χ2v) is 5.08. The number of benzene rings is 1. The number of fused-ring (bicyclic) bond motifs is 1. The molecule has 0 saturated carbocycles. The summed E-state index contributed by atoms with van der Waals surface area (Å²) in [6.07, 6.45) is 0. The molecule has 1 aromatic carbocycles. The van der Waals surface area contributed by atoms with Gasteiger partial charge in [0.25, 0.3) is 0 Å². The molecule has 2 rings (SSSR count). The Bertz CT molecular complexity index is 399. The molecule has 5 heteroatoms. The zero-order valence-electron chi connectivity index (χ0n) is 10.4. The van der Waals surface area contributed by atoms with E-state index in [1.165, 1.54) is 17.6 Å². The van der Waals surface area contributed by atoms with E-state index in [2.05, 4.69) is 7.05 Å². The van der Waals surface area contributed by atoms with Crippen LogP contribution in [0.1, 0.15) is 5.56 Å². The van der Waals surface area contributed by atoms with Crippen LogP contribution >= 0.6 is 12.0 Å². The van der Waals surface area contributed by atoms with Gasteiger partial charge in [-0.3, -0.25) is 0 Å². The van der Waals surface area contributed by atoms with Crippen molar-refractivity contribution in [2.75, 3.05) is 34.4 Å². The largest absolute Gasteiger partial charge is 0.497 e. The van der Waals surface area contributed by atoms with E-state index in [4.69, 9.17) is 13.8 Å². The molecule has 0 N–H and O–H groups in total. The van der Waals surface area contributed by atoms with Gasteiger partial charge in [0.15, 0.2) is 0 Å². The van der Waals surface area contributed by atoms with E-state index < -0.39 is 0 Å². The molecule has 0 aliphatic carbocycles. The van der Waals surface area contributed by atoms with Gasteiger partial charge in [0.05, 0.1) is 21.3 Å². The Morgan fingerprint density at radius 1 is 1.35 bits per heavy atom. The molecule has 0 radical (unpaired) electrons. The van der Waals surface area contributed by atoms with E-state index in [9.17, 15) is 0 Å². The first kappa shape index (κ1) is 12.7. The van der Waals surface area contributed by atoms with Crippen LogP contribution in [0, 0.1) is 0 Å². The van der Waals surface area contributed by atoms with Gasteiger partial charge >= 0.3 is 0 Å². The summed E-state index contributed by atoms with van der Waals surface area (Å²) in [5, 5.41) is 0. The van der Waals surface area contributed by atoms with Gasteiger partial charge in [-0.05, 0) is 18.2 Å². The molecule has 1 atom stereocenters. The maximum atomic E-state index is 5.55. The Balaban J connectivity index is 2.33. The molecule has 17 heavy (non-hydrogen) atoms. The first-order chi connectivity index (χ1) is 8.17. The van der Waals surface area contributed by atoms with Crippen molar-refractivity contribution in [2.24, 2.45) is 0 Å². The Morgan fingerprint density at radius 2 is 2.18 bits per heavy atom. The minimum absolute atomic E-state index is 0.515. The van der Waals surface area contributed by atoms with Crippen LogP contribution in [0.5, 0.6) is 5.75 Å². The van der Waals surface area contributed by atoms with Gasteiger partial charge in [-0.1, -0.05) is 0 Å². The standard InChI is InChI=1S/C12H18NO3S/c1-13(15-3)6-7-16-17-12-5-4-11(14-2)8-10(12)9-13/h4-5,8H,6-7,9H2,1-3H3/q+1. The van der Waals surface area contributed by atoms with Gasteiger partial charge in [0.1, 0.15) is 25.4 Å². The van der Waals surface area contributed by atoms with Gasteiger partial charge in [-0.15, -0.1) is 0 Å². The SMILES string of the molecule is COc1ccc2c(c1)C[N+](C)(OC)CCOS2. The molecule has 0 aromatic heterocycles. The number of hydrogen-bond donors (Lipinski definition) is 0. The fraction of sp³-hybridized carbons (Fsp3) is 0.500. The summed E-state index contributed by atoms with van der Waals surface area (Å²) < 4.78 is 11.3. The maximum Gasteiger partial charge on any atom is 0.136 e. The highest BCUT2D eigenvalue weighted by Crippen LogP contribution is 2.31. The summed E-state index contributed by atoms with van der Waals surface area (Å²) in [5.41, 5.74) is 1.19. The van der Waals surface area contributed by atoms with Crippen LogP contribution in [0.4, 0.5) is 0 Å². The van der Waals surface area contributed by atoms with Crippen LogP contribution in [0.15, 0.2) is 23.1 Å². The fourth-order valence-corrected chi connectivity index (χ4v) is 2.46. The van der Waals surface area contributed by atoms with Crippen molar-refractivity contribution in [3.63, 3.8) is 0 Å². The summed E-state index contributed by atoms with van der Waals surface area (Å²) in [4.78, 5) is 6.68. The molecule has 0 bridgehead atoms. The lowest BCUT2D eigenvalue weighted by atomic mass is 10.2.